The Balaban J connectivity index is 2.79. The molecule has 1 rings (SSSR count). The van der Waals surface area contributed by atoms with E-state index in [9.17, 15) is 0 Å². The number of nitrogens with zero attached hydrogens (tertiary/aromatic N) is 1. The van der Waals surface area contributed by atoms with Crippen LogP contribution in [0.4, 0.5) is 5.69 Å². The Hall–Kier alpha value is -0.730. The van der Waals surface area contributed by atoms with Crippen molar-refractivity contribution in [2.75, 3.05) is 25.0 Å². The molecule has 102 valence electrons. The van der Waals surface area contributed by atoms with Gasteiger partial charge in [-0.3, -0.25) is 0 Å². The van der Waals surface area contributed by atoms with Gasteiger partial charge in [0, 0.05) is 20.1 Å². The van der Waals surface area contributed by atoms with Crippen LogP contribution in [0.2, 0.25) is 5.02 Å². The van der Waals surface area contributed by atoms with E-state index in [-0.39, 0.29) is 0 Å². The summed E-state index contributed by atoms with van der Waals surface area (Å²) < 4.78 is 0. The number of nitrogens with one attached hydrogen (secondary N) is 1. The van der Waals surface area contributed by atoms with E-state index in [1.807, 2.05) is 12.1 Å². The zero-order chi connectivity index (χ0) is 13.5. The van der Waals surface area contributed by atoms with Crippen LogP contribution in [-0.2, 0) is 6.54 Å². The third-order valence-corrected chi connectivity index (χ3v) is 3.18. The lowest BCUT2D eigenvalue weighted by Gasteiger charge is -2.23. The zero-order valence-electron chi connectivity index (χ0n) is 12.0. The predicted octanol–water partition coefficient (Wildman–Crippen LogP) is 3.93. The topological polar surface area (TPSA) is 15.3 Å². The normalized spacial score (nSPS) is 11.0. The average molecular weight is 269 g/mol. The Labute approximate surface area is 116 Å². The second kappa shape index (κ2) is 7.65. The van der Waals surface area contributed by atoms with Crippen LogP contribution in [0.5, 0.6) is 0 Å². The van der Waals surface area contributed by atoms with Gasteiger partial charge in [-0.25, -0.2) is 0 Å². The third kappa shape index (κ3) is 4.51. The Morgan fingerprint density at radius 1 is 1.33 bits per heavy atom. The Kier molecular flexibility index (Phi) is 6.51. The second-order valence-corrected chi connectivity index (χ2v) is 5.60. The molecule has 0 heterocycles. The minimum absolute atomic E-state index is 0.668. The average Bonchev–Trinajstić information content (AvgIpc) is 2.28. The summed E-state index contributed by atoms with van der Waals surface area (Å²) in [6, 6.07) is 6.15. The van der Waals surface area contributed by atoms with Gasteiger partial charge in [0.15, 0.2) is 0 Å². The first-order valence-electron chi connectivity index (χ1n) is 6.75. The molecule has 1 N–H and O–H groups in total. The monoisotopic (exact) mass is 268 g/mol. The highest BCUT2D eigenvalue weighted by Crippen LogP contribution is 2.29. The van der Waals surface area contributed by atoms with E-state index >= 15 is 0 Å². The summed E-state index contributed by atoms with van der Waals surface area (Å²) in [5.41, 5.74) is 2.44. The lowest BCUT2D eigenvalue weighted by Crippen LogP contribution is -2.23. The lowest BCUT2D eigenvalue weighted by molar-refractivity contribution is 0.552. The lowest BCUT2D eigenvalue weighted by atomic mass is 10.1. The van der Waals surface area contributed by atoms with Gasteiger partial charge < -0.3 is 10.2 Å². The molecule has 0 radical (unpaired) electrons. The van der Waals surface area contributed by atoms with Crippen LogP contribution in [0.25, 0.3) is 0 Å². The van der Waals surface area contributed by atoms with Crippen LogP contribution in [-0.4, -0.2) is 20.1 Å². The van der Waals surface area contributed by atoms with Crippen molar-refractivity contribution in [2.45, 2.75) is 33.7 Å². The van der Waals surface area contributed by atoms with E-state index in [0.29, 0.717) is 5.92 Å². The van der Waals surface area contributed by atoms with Crippen molar-refractivity contribution in [3.8, 4) is 0 Å². The molecular weight excluding hydrogens is 244 g/mol. The van der Waals surface area contributed by atoms with Gasteiger partial charge in [-0.05, 0) is 30.5 Å². The molecule has 0 aliphatic carbocycles. The number of hydrogen-bond donors (Lipinski definition) is 1. The molecule has 3 heteroatoms. The van der Waals surface area contributed by atoms with Gasteiger partial charge in [0.1, 0.15) is 0 Å². The Bertz CT molecular complexity index is 364. The molecule has 18 heavy (non-hydrogen) atoms. The van der Waals surface area contributed by atoms with Crippen molar-refractivity contribution >= 4 is 17.3 Å². The molecule has 0 bridgehead atoms. The highest BCUT2D eigenvalue weighted by Gasteiger charge is 2.10. The fraction of sp³-hybridized carbons (Fsp3) is 0.600. The first kappa shape index (κ1) is 15.3. The van der Waals surface area contributed by atoms with E-state index in [0.717, 1.165) is 36.8 Å². The van der Waals surface area contributed by atoms with E-state index < -0.39 is 0 Å². The quantitative estimate of drug-likeness (QED) is 0.806. The standard InChI is InChI=1S/C15H25ClN2/c1-5-9-18(4)15-13(7-6-8-14(15)16)11-17-10-12(2)3/h6-8,12,17H,5,9-11H2,1-4H3. The van der Waals surface area contributed by atoms with Crippen LogP contribution >= 0.6 is 11.6 Å². The number of halogens is 1. The largest absolute Gasteiger partial charge is 0.373 e. The van der Waals surface area contributed by atoms with E-state index in [1.165, 1.54) is 5.56 Å². The second-order valence-electron chi connectivity index (χ2n) is 5.19. The number of para-hydroxylation sites is 1. The fourth-order valence-electron chi connectivity index (χ4n) is 2.07. The molecule has 0 aromatic heterocycles. The third-order valence-electron chi connectivity index (χ3n) is 2.88. The number of anilines is 1. The maximum absolute atomic E-state index is 6.33. The maximum Gasteiger partial charge on any atom is 0.0642 e. The highest BCUT2D eigenvalue weighted by atomic mass is 35.5. The van der Waals surface area contributed by atoms with Gasteiger partial charge in [0.25, 0.3) is 0 Å². The van der Waals surface area contributed by atoms with Crippen LogP contribution in [0.15, 0.2) is 18.2 Å². The van der Waals surface area contributed by atoms with Gasteiger partial charge in [-0.2, -0.15) is 0 Å². The highest BCUT2D eigenvalue weighted by molar-refractivity contribution is 6.33. The van der Waals surface area contributed by atoms with E-state index in [1.54, 1.807) is 0 Å². The number of hydrogen-bond acceptors (Lipinski definition) is 2. The van der Waals surface area contributed by atoms with Crippen molar-refractivity contribution in [1.29, 1.82) is 0 Å². The fourth-order valence-corrected chi connectivity index (χ4v) is 2.41. The Morgan fingerprint density at radius 3 is 2.67 bits per heavy atom. The molecule has 0 aliphatic rings. The summed E-state index contributed by atoms with van der Waals surface area (Å²) in [6.07, 6.45) is 1.13. The van der Waals surface area contributed by atoms with Crippen LogP contribution < -0.4 is 10.2 Å². The van der Waals surface area contributed by atoms with Crippen molar-refractivity contribution in [2.24, 2.45) is 5.92 Å². The summed E-state index contributed by atoms with van der Waals surface area (Å²) in [7, 11) is 2.11. The summed E-state index contributed by atoms with van der Waals surface area (Å²) in [5, 5.41) is 4.32. The molecule has 0 amide bonds. The molecule has 1 aromatic rings. The molecule has 0 aliphatic heterocycles. The van der Waals surface area contributed by atoms with Crippen molar-refractivity contribution in [3.63, 3.8) is 0 Å². The van der Waals surface area contributed by atoms with Gasteiger partial charge in [0.2, 0.25) is 0 Å². The summed E-state index contributed by atoms with van der Waals surface area (Å²) in [4.78, 5) is 2.24. The molecule has 0 atom stereocenters. The molecule has 0 saturated heterocycles. The van der Waals surface area contributed by atoms with Crippen LogP contribution in [0.3, 0.4) is 0 Å². The van der Waals surface area contributed by atoms with E-state index in [4.69, 9.17) is 11.6 Å². The minimum Gasteiger partial charge on any atom is -0.373 e. The van der Waals surface area contributed by atoms with Crippen molar-refractivity contribution in [1.82, 2.24) is 5.32 Å². The molecule has 0 saturated carbocycles. The first-order chi connectivity index (χ1) is 8.56. The Morgan fingerprint density at radius 2 is 2.06 bits per heavy atom. The van der Waals surface area contributed by atoms with Crippen LogP contribution in [0.1, 0.15) is 32.8 Å². The number of benzene rings is 1. The van der Waals surface area contributed by atoms with Gasteiger partial charge in [-0.1, -0.05) is 44.5 Å². The number of rotatable bonds is 7. The molecular formula is C15H25ClN2. The van der Waals surface area contributed by atoms with Gasteiger partial charge in [-0.15, -0.1) is 0 Å². The van der Waals surface area contributed by atoms with E-state index in [2.05, 4.69) is 44.1 Å². The molecule has 1 aromatic carbocycles. The maximum atomic E-state index is 6.33. The summed E-state index contributed by atoms with van der Waals surface area (Å²) in [5.74, 6) is 0.668. The van der Waals surface area contributed by atoms with Gasteiger partial charge in [0.05, 0.1) is 10.7 Å². The molecule has 0 unspecified atom stereocenters. The smallest absolute Gasteiger partial charge is 0.0642 e. The zero-order valence-corrected chi connectivity index (χ0v) is 12.7. The summed E-state index contributed by atoms with van der Waals surface area (Å²) >= 11 is 6.33. The molecule has 0 spiro atoms. The van der Waals surface area contributed by atoms with Crippen molar-refractivity contribution in [3.05, 3.63) is 28.8 Å². The predicted molar refractivity (Wildman–Crippen MR) is 81.6 cm³/mol. The molecule has 2 nitrogen and oxygen atoms in total. The van der Waals surface area contributed by atoms with Crippen molar-refractivity contribution < 1.29 is 0 Å². The van der Waals surface area contributed by atoms with Gasteiger partial charge >= 0.3 is 0 Å². The van der Waals surface area contributed by atoms with Crippen LogP contribution in [0, 0.1) is 5.92 Å². The minimum atomic E-state index is 0.668. The molecule has 0 fully saturated rings. The SMILES string of the molecule is CCCN(C)c1c(Cl)cccc1CNCC(C)C. The first-order valence-corrected chi connectivity index (χ1v) is 7.13. The summed E-state index contributed by atoms with van der Waals surface area (Å²) in [6.45, 7) is 9.56.